The van der Waals surface area contributed by atoms with Crippen LogP contribution in [0.4, 0.5) is 5.82 Å². The molecule has 1 aliphatic rings. The quantitative estimate of drug-likeness (QED) is 0.429. The van der Waals surface area contributed by atoms with Crippen LogP contribution in [0.5, 0.6) is 0 Å². The molecule has 2 heterocycles. The zero-order valence-corrected chi connectivity index (χ0v) is 18.5. The Bertz CT molecular complexity index is 964. The molecule has 0 fully saturated rings. The Balaban J connectivity index is 1.35. The summed E-state index contributed by atoms with van der Waals surface area (Å²) in [5, 5.41) is 12.8. The number of rotatable bonds is 12. The number of nitrogens with one attached hydrogen (secondary N) is 2. The van der Waals surface area contributed by atoms with Crippen LogP contribution in [0.1, 0.15) is 56.2 Å². The van der Waals surface area contributed by atoms with Gasteiger partial charge in [0.05, 0.1) is 4.90 Å². The number of aromatic nitrogens is 1. The van der Waals surface area contributed by atoms with Gasteiger partial charge in [-0.25, -0.2) is 13.4 Å². The number of sulfonamides is 1. The fraction of sp³-hybridized carbons (Fsp3) is 0.478. The number of unbranched alkanes of at least 4 members (excludes halogenated alkanes) is 4. The van der Waals surface area contributed by atoms with E-state index >= 15 is 0 Å². The lowest BCUT2D eigenvalue weighted by Gasteiger charge is -2.17. The summed E-state index contributed by atoms with van der Waals surface area (Å²) in [6.45, 7) is 0.988. The number of aryl methyl sites for hydroxylation is 2. The van der Waals surface area contributed by atoms with E-state index < -0.39 is 22.0 Å². The van der Waals surface area contributed by atoms with Gasteiger partial charge in [0.2, 0.25) is 10.0 Å². The van der Waals surface area contributed by atoms with Gasteiger partial charge in [-0.3, -0.25) is 4.79 Å². The van der Waals surface area contributed by atoms with E-state index in [1.807, 2.05) is 0 Å². The molecule has 1 aromatic carbocycles. The fourth-order valence-electron chi connectivity index (χ4n) is 3.78. The average molecular weight is 446 g/mol. The van der Waals surface area contributed by atoms with Crippen molar-refractivity contribution in [2.75, 3.05) is 11.9 Å². The molecule has 7 nitrogen and oxygen atoms in total. The number of benzene rings is 1. The van der Waals surface area contributed by atoms with Crippen LogP contribution >= 0.6 is 0 Å². The van der Waals surface area contributed by atoms with Crippen LogP contribution < -0.4 is 10.0 Å². The van der Waals surface area contributed by atoms with Crippen molar-refractivity contribution in [3.05, 3.63) is 53.7 Å². The summed E-state index contributed by atoms with van der Waals surface area (Å²) >= 11 is 0. The molecular weight excluding hydrogens is 414 g/mol. The van der Waals surface area contributed by atoms with E-state index in [0.717, 1.165) is 63.0 Å². The molecule has 0 radical (unpaired) electrons. The molecule has 1 atom stereocenters. The molecule has 31 heavy (non-hydrogen) atoms. The molecule has 0 amide bonds. The van der Waals surface area contributed by atoms with Gasteiger partial charge in [0.25, 0.3) is 0 Å². The molecule has 0 spiro atoms. The normalized spacial score (nSPS) is 14.5. The number of fused-ring (bicyclic) bond motifs is 1. The van der Waals surface area contributed by atoms with E-state index in [2.05, 4.69) is 22.2 Å². The van der Waals surface area contributed by atoms with E-state index in [1.165, 1.54) is 17.7 Å². The van der Waals surface area contributed by atoms with Crippen molar-refractivity contribution in [3.8, 4) is 0 Å². The third-order valence-corrected chi connectivity index (χ3v) is 7.01. The van der Waals surface area contributed by atoms with Gasteiger partial charge in [-0.15, -0.1) is 0 Å². The van der Waals surface area contributed by atoms with Gasteiger partial charge in [0, 0.05) is 12.2 Å². The highest BCUT2D eigenvalue weighted by Crippen LogP contribution is 2.20. The summed E-state index contributed by atoms with van der Waals surface area (Å²) < 4.78 is 27.0. The predicted octanol–water partition coefficient (Wildman–Crippen LogP) is 3.75. The third-order valence-electron chi connectivity index (χ3n) is 5.53. The van der Waals surface area contributed by atoms with Crippen LogP contribution in [-0.4, -0.2) is 37.1 Å². The van der Waals surface area contributed by atoms with E-state index in [9.17, 15) is 18.3 Å². The summed E-state index contributed by atoms with van der Waals surface area (Å²) in [6.07, 6.45) is 8.06. The maximum Gasteiger partial charge on any atom is 0.321 e. The van der Waals surface area contributed by atoms with E-state index in [4.69, 9.17) is 4.98 Å². The van der Waals surface area contributed by atoms with Crippen molar-refractivity contribution in [1.29, 1.82) is 0 Å². The highest BCUT2D eigenvalue weighted by Gasteiger charge is 2.24. The molecule has 0 bridgehead atoms. The zero-order valence-electron chi connectivity index (χ0n) is 17.7. The van der Waals surface area contributed by atoms with Crippen molar-refractivity contribution in [1.82, 2.24) is 9.71 Å². The molecule has 0 saturated carbocycles. The van der Waals surface area contributed by atoms with Crippen LogP contribution in [0.2, 0.25) is 0 Å². The van der Waals surface area contributed by atoms with Gasteiger partial charge in [-0.2, -0.15) is 4.72 Å². The highest BCUT2D eigenvalue weighted by atomic mass is 32.2. The molecule has 3 rings (SSSR count). The maximum absolute atomic E-state index is 12.4. The molecule has 8 heteroatoms. The van der Waals surface area contributed by atoms with E-state index in [0.29, 0.717) is 6.42 Å². The fourth-order valence-corrected chi connectivity index (χ4v) is 5.03. The zero-order chi connectivity index (χ0) is 22.1. The van der Waals surface area contributed by atoms with Crippen molar-refractivity contribution in [2.24, 2.45) is 0 Å². The number of carboxylic acid groups (broad SMARTS) is 1. The molecule has 3 N–H and O–H groups in total. The Kier molecular flexibility index (Phi) is 8.43. The Morgan fingerprint density at radius 1 is 1.06 bits per heavy atom. The largest absolute Gasteiger partial charge is 0.480 e. The molecular formula is C23H31N3O4S. The second-order valence-electron chi connectivity index (χ2n) is 7.97. The van der Waals surface area contributed by atoms with Gasteiger partial charge >= 0.3 is 5.97 Å². The maximum atomic E-state index is 12.4. The SMILES string of the molecule is O=C(O)C(CCCCCCCc1ccc2c(n1)NCCC2)NS(=O)(=O)c1ccccc1. The summed E-state index contributed by atoms with van der Waals surface area (Å²) in [4.78, 5) is 16.3. The number of hydrogen-bond donors (Lipinski definition) is 3. The predicted molar refractivity (Wildman–Crippen MR) is 121 cm³/mol. The number of aliphatic carboxylic acids is 1. The smallest absolute Gasteiger partial charge is 0.321 e. The minimum Gasteiger partial charge on any atom is -0.480 e. The van der Waals surface area contributed by atoms with Gasteiger partial charge in [-0.1, -0.05) is 49.9 Å². The minimum atomic E-state index is -3.84. The second kappa shape index (κ2) is 11.2. The van der Waals surface area contributed by atoms with Crippen molar-refractivity contribution in [3.63, 3.8) is 0 Å². The Hall–Kier alpha value is -2.45. The summed E-state index contributed by atoms with van der Waals surface area (Å²) in [5.74, 6) is -0.118. The van der Waals surface area contributed by atoms with Crippen LogP contribution in [-0.2, 0) is 27.7 Å². The molecule has 0 aliphatic carbocycles. The lowest BCUT2D eigenvalue weighted by atomic mass is 10.0. The Labute approximate surface area is 184 Å². The standard InChI is InChI=1S/C23H31N3O4S/c27-23(28)21(26-31(29,30)20-12-6-4-7-13-20)14-8-3-1-2-5-11-19-16-15-18-10-9-17-24-22(18)25-19/h4,6-7,12-13,15-16,21,26H,1-3,5,8-11,14,17H2,(H,24,25)(H,27,28). The monoisotopic (exact) mass is 445 g/mol. The molecule has 0 saturated heterocycles. The Morgan fingerprint density at radius 2 is 1.81 bits per heavy atom. The number of pyridine rings is 1. The van der Waals surface area contributed by atoms with Crippen molar-refractivity contribution < 1.29 is 18.3 Å². The highest BCUT2D eigenvalue weighted by molar-refractivity contribution is 7.89. The van der Waals surface area contributed by atoms with Crippen LogP contribution in [0.15, 0.2) is 47.4 Å². The van der Waals surface area contributed by atoms with Gasteiger partial charge in [0.1, 0.15) is 11.9 Å². The third kappa shape index (κ3) is 7.04. The van der Waals surface area contributed by atoms with Crippen LogP contribution in [0, 0.1) is 0 Å². The molecule has 1 unspecified atom stereocenters. The lowest BCUT2D eigenvalue weighted by Crippen LogP contribution is -2.40. The number of nitrogens with zero attached hydrogens (tertiary/aromatic N) is 1. The summed E-state index contributed by atoms with van der Waals surface area (Å²) in [6, 6.07) is 11.0. The van der Waals surface area contributed by atoms with Crippen LogP contribution in [0.3, 0.4) is 0 Å². The van der Waals surface area contributed by atoms with Crippen molar-refractivity contribution in [2.45, 2.75) is 68.7 Å². The van der Waals surface area contributed by atoms with Gasteiger partial charge in [0.15, 0.2) is 0 Å². The molecule has 2 aromatic rings. The van der Waals surface area contributed by atoms with E-state index in [1.54, 1.807) is 18.2 Å². The topological polar surface area (TPSA) is 108 Å². The minimum absolute atomic E-state index is 0.0761. The number of carboxylic acids is 1. The first-order valence-electron chi connectivity index (χ1n) is 11.0. The summed E-state index contributed by atoms with van der Waals surface area (Å²) in [5.41, 5.74) is 2.40. The Morgan fingerprint density at radius 3 is 2.58 bits per heavy atom. The summed E-state index contributed by atoms with van der Waals surface area (Å²) in [7, 11) is -3.84. The van der Waals surface area contributed by atoms with Gasteiger partial charge in [-0.05, 0) is 55.9 Å². The first kappa shape index (κ1) is 23.2. The first-order valence-corrected chi connectivity index (χ1v) is 12.5. The first-order chi connectivity index (χ1) is 15.0. The van der Waals surface area contributed by atoms with E-state index in [-0.39, 0.29) is 11.3 Å². The molecule has 168 valence electrons. The number of carbonyl (C=O) groups is 1. The number of hydrogen-bond acceptors (Lipinski definition) is 5. The number of anilines is 1. The lowest BCUT2D eigenvalue weighted by molar-refractivity contribution is -0.139. The molecule has 1 aliphatic heterocycles. The van der Waals surface area contributed by atoms with Crippen molar-refractivity contribution >= 4 is 21.8 Å². The van der Waals surface area contributed by atoms with Gasteiger partial charge < -0.3 is 10.4 Å². The average Bonchev–Trinajstić information content (AvgIpc) is 2.78. The molecule has 1 aromatic heterocycles. The van der Waals surface area contributed by atoms with Crippen LogP contribution in [0.25, 0.3) is 0 Å². The second-order valence-corrected chi connectivity index (χ2v) is 9.69.